The van der Waals surface area contributed by atoms with Crippen LogP contribution in [0.25, 0.3) is 0 Å². The van der Waals surface area contributed by atoms with E-state index in [1.165, 1.54) is 0 Å². The minimum atomic E-state index is 0.961. The lowest BCUT2D eigenvalue weighted by atomic mass is 10.5. The van der Waals surface area contributed by atoms with Crippen LogP contribution in [0, 0.1) is 6.92 Å². The van der Waals surface area contributed by atoms with Crippen molar-refractivity contribution in [1.82, 2.24) is 15.0 Å². The number of aromatic nitrogens is 3. The Morgan fingerprint density at radius 2 is 1.29 bits per heavy atom. The Kier molecular flexibility index (Phi) is 17.3. The van der Waals surface area contributed by atoms with E-state index in [1.54, 1.807) is 31.0 Å². The maximum atomic E-state index is 3.92. The Bertz CT molecular complexity index is 282. The molecule has 2 rings (SSSR count). The van der Waals surface area contributed by atoms with Gasteiger partial charge in [-0.15, -0.1) is 0 Å². The molecule has 0 aliphatic rings. The minimum absolute atomic E-state index is 0.961. The number of hydrogen-bond donors (Lipinski definition) is 0. The van der Waals surface area contributed by atoms with Crippen LogP contribution in [0.15, 0.2) is 49.2 Å². The molecule has 0 radical (unpaired) electrons. The molecule has 3 heteroatoms. The molecule has 94 valence electrons. The third kappa shape index (κ3) is 14.2. The van der Waals surface area contributed by atoms with Crippen molar-refractivity contribution < 1.29 is 0 Å². The van der Waals surface area contributed by atoms with E-state index >= 15 is 0 Å². The second kappa shape index (κ2) is 16.7. The monoisotopic (exact) mass is 233 g/mol. The Hall–Kier alpha value is -1.77. The molecule has 0 bridgehead atoms. The van der Waals surface area contributed by atoms with Gasteiger partial charge < -0.3 is 0 Å². The number of nitrogens with zero attached hydrogens (tertiary/aromatic N) is 3. The van der Waals surface area contributed by atoms with Crippen LogP contribution in [0.2, 0.25) is 0 Å². The number of hydrogen-bond acceptors (Lipinski definition) is 3. The Morgan fingerprint density at radius 1 is 0.706 bits per heavy atom. The maximum Gasteiger partial charge on any atom is 0.0555 e. The average Bonchev–Trinajstić information content (AvgIpc) is 2.47. The van der Waals surface area contributed by atoms with Gasteiger partial charge in [0.15, 0.2) is 0 Å². The third-order valence-corrected chi connectivity index (χ3v) is 1.26. The van der Waals surface area contributed by atoms with Crippen LogP contribution in [0.3, 0.4) is 0 Å². The predicted octanol–water partition coefficient (Wildman–Crippen LogP) is 3.92. The predicted molar refractivity (Wildman–Crippen MR) is 73.7 cm³/mol. The molecule has 0 aromatic carbocycles. The average molecular weight is 233 g/mol. The molecular weight excluding hydrogens is 210 g/mol. The van der Waals surface area contributed by atoms with Gasteiger partial charge in [-0.2, -0.15) is 0 Å². The Balaban J connectivity index is 0. The molecule has 0 saturated heterocycles. The standard InChI is InChI=1S/C5H6N2.C5H5N.2C2H6/c1-5-4-6-2-3-7-5;1-2-4-6-5-3-1;2*1-2/h2-4H,1H3;1-5H;2*1-2H3. The van der Waals surface area contributed by atoms with E-state index in [0.29, 0.717) is 0 Å². The van der Waals surface area contributed by atoms with Gasteiger partial charge in [-0.1, -0.05) is 33.8 Å². The quantitative estimate of drug-likeness (QED) is 0.692. The smallest absolute Gasteiger partial charge is 0.0555 e. The highest BCUT2D eigenvalue weighted by Gasteiger charge is 1.74. The van der Waals surface area contributed by atoms with Crippen LogP contribution in [0.5, 0.6) is 0 Å². The lowest BCUT2D eigenvalue weighted by molar-refractivity contribution is 1.12. The summed E-state index contributed by atoms with van der Waals surface area (Å²) in [4.78, 5) is 11.5. The largest absolute Gasteiger partial charge is 0.265 e. The summed E-state index contributed by atoms with van der Waals surface area (Å²) in [6, 6.07) is 5.72. The van der Waals surface area contributed by atoms with Crippen LogP contribution in [-0.2, 0) is 0 Å². The molecule has 3 nitrogen and oxygen atoms in total. The maximum absolute atomic E-state index is 3.92. The van der Waals surface area contributed by atoms with Gasteiger partial charge in [-0.05, 0) is 19.1 Å². The van der Waals surface area contributed by atoms with Crippen molar-refractivity contribution in [1.29, 1.82) is 0 Å². The highest BCUT2D eigenvalue weighted by atomic mass is 14.7. The van der Waals surface area contributed by atoms with E-state index in [4.69, 9.17) is 0 Å². The van der Waals surface area contributed by atoms with E-state index in [0.717, 1.165) is 5.69 Å². The second-order valence-corrected chi connectivity index (χ2v) is 2.37. The molecule has 0 unspecified atom stereocenters. The summed E-state index contributed by atoms with van der Waals surface area (Å²) in [7, 11) is 0. The normalized spacial score (nSPS) is 7.12. The topological polar surface area (TPSA) is 38.7 Å². The summed E-state index contributed by atoms with van der Waals surface area (Å²) in [5, 5.41) is 0. The lowest BCUT2D eigenvalue weighted by Crippen LogP contribution is -1.77. The van der Waals surface area contributed by atoms with Crippen LogP contribution in [0.1, 0.15) is 33.4 Å². The minimum Gasteiger partial charge on any atom is -0.265 e. The van der Waals surface area contributed by atoms with Gasteiger partial charge in [-0.3, -0.25) is 15.0 Å². The molecular formula is C14H23N3. The van der Waals surface area contributed by atoms with Crippen LogP contribution in [-0.4, -0.2) is 15.0 Å². The molecule has 0 spiro atoms. The summed E-state index contributed by atoms with van der Waals surface area (Å²) in [6.07, 6.45) is 8.56. The molecule has 0 aliphatic heterocycles. The summed E-state index contributed by atoms with van der Waals surface area (Å²) in [6.45, 7) is 9.91. The van der Waals surface area contributed by atoms with E-state index in [-0.39, 0.29) is 0 Å². The molecule has 2 heterocycles. The molecule has 0 N–H and O–H groups in total. The lowest BCUT2D eigenvalue weighted by Gasteiger charge is -1.81. The molecule has 2 aromatic heterocycles. The van der Waals surface area contributed by atoms with Crippen LogP contribution in [0.4, 0.5) is 0 Å². The molecule has 17 heavy (non-hydrogen) atoms. The van der Waals surface area contributed by atoms with Crippen molar-refractivity contribution in [2.75, 3.05) is 0 Å². The zero-order chi connectivity index (χ0) is 13.4. The molecule has 0 amide bonds. The first-order chi connectivity index (χ1) is 8.39. The van der Waals surface area contributed by atoms with Crippen molar-refractivity contribution in [2.45, 2.75) is 34.6 Å². The second-order valence-electron chi connectivity index (χ2n) is 2.37. The van der Waals surface area contributed by atoms with Gasteiger partial charge >= 0.3 is 0 Å². The van der Waals surface area contributed by atoms with Gasteiger partial charge in [0.05, 0.1) is 5.69 Å². The molecule has 0 atom stereocenters. The van der Waals surface area contributed by atoms with E-state index in [2.05, 4.69) is 15.0 Å². The van der Waals surface area contributed by atoms with Gasteiger partial charge in [0.1, 0.15) is 0 Å². The molecule has 2 aromatic rings. The molecule has 0 aliphatic carbocycles. The Morgan fingerprint density at radius 3 is 1.47 bits per heavy atom. The van der Waals surface area contributed by atoms with Crippen molar-refractivity contribution in [3.05, 3.63) is 54.9 Å². The number of pyridine rings is 1. The van der Waals surface area contributed by atoms with E-state index < -0.39 is 0 Å². The fourth-order valence-electron chi connectivity index (χ4n) is 0.686. The van der Waals surface area contributed by atoms with Crippen molar-refractivity contribution in [3.8, 4) is 0 Å². The van der Waals surface area contributed by atoms with E-state index in [1.807, 2.05) is 52.8 Å². The third-order valence-electron chi connectivity index (χ3n) is 1.26. The van der Waals surface area contributed by atoms with E-state index in [9.17, 15) is 0 Å². The zero-order valence-corrected chi connectivity index (χ0v) is 11.5. The SMILES string of the molecule is CC.CC.Cc1cnccn1.c1ccncc1. The van der Waals surface area contributed by atoms with Crippen molar-refractivity contribution in [2.24, 2.45) is 0 Å². The summed E-state index contributed by atoms with van der Waals surface area (Å²) < 4.78 is 0. The van der Waals surface area contributed by atoms with Gasteiger partial charge in [0.25, 0.3) is 0 Å². The van der Waals surface area contributed by atoms with Crippen LogP contribution < -0.4 is 0 Å². The first-order valence-corrected chi connectivity index (χ1v) is 5.97. The Labute approximate surface area is 105 Å². The fraction of sp³-hybridized carbons (Fsp3) is 0.357. The van der Waals surface area contributed by atoms with Gasteiger partial charge in [-0.25, -0.2) is 0 Å². The fourth-order valence-corrected chi connectivity index (χ4v) is 0.686. The van der Waals surface area contributed by atoms with Gasteiger partial charge in [0, 0.05) is 31.0 Å². The molecule has 0 fully saturated rings. The highest BCUT2D eigenvalue weighted by Crippen LogP contribution is 1.81. The summed E-state index contributed by atoms with van der Waals surface area (Å²) in [5.41, 5.74) is 0.961. The van der Waals surface area contributed by atoms with Gasteiger partial charge in [0.2, 0.25) is 0 Å². The zero-order valence-electron chi connectivity index (χ0n) is 11.5. The molecule has 0 saturated carbocycles. The summed E-state index contributed by atoms with van der Waals surface area (Å²) >= 11 is 0. The first kappa shape index (κ1) is 17.6. The highest BCUT2D eigenvalue weighted by molar-refractivity contribution is 4.89. The summed E-state index contributed by atoms with van der Waals surface area (Å²) in [5.74, 6) is 0. The van der Waals surface area contributed by atoms with Crippen molar-refractivity contribution >= 4 is 0 Å². The van der Waals surface area contributed by atoms with Crippen molar-refractivity contribution in [3.63, 3.8) is 0 Å². The number of rotatable bonds is 0. The van der Waals surface area contributed by atoms with Crippen LogP contribution >= 0.6 is 0 Å². The first-order valence-electron chi connectivity index (χ1n) is 5.97. The number of aryl methyl sites for hydroxylation is 1.